The van der Waals surface area contributed by atoms with Crippen LogP contribution in [0.3, 0.4) is 0 Å². The van der Waals surface area contributed by atoms with Crippen LogP contribution in [0, 0.1) is 5.92 Å². The van der Waals surface area contributed by atoms with Crippen LogP contribution < -0.4 is 0 Å². The zero-order chi connectivity index (χ0) is 12.8. The van der Waals surface area contributed by atoms with E-state index in [2.05, 4.69) is 11.9 Å². The predicted molar refractivity (Wildman–Crippen MR) is 72.7 cm³/mol. The molecule has 1 fully saturated rings. The Hall–Kier alpha value is -1.12. The average molecular weight is 248 g/mol. The summed E-state index contributed by atoms with van der Waals surface area (Å²) in [6.07, 6.45) is 13.1. The number of imidazole rings is 1. The molecule has 1 saturated carbocycles. The molecule has 2 rings (SSSR count). The van der Waals surface area contributed by atoms with E-state index in [1.807, 2.05) is 10.8 Å². The number of hydrogen-bond donors (Lipinski definition) is 0. The van der Waals surface area contributed by atoms with Gasteiger partial charge in [-0.15, -0.1) is 0 Å². The molecule has 0 radical (unpaired) electrons. The van der Waals surface area contributed by atoms with Gasteiger partial charge in [-0.05, 0) is 18.8 Å². The van der Waals surface area contributed by atoms with Gasteiger partial charge in [0.25, 0.3) is 0 Å². The van der Waals surface area contributed by atoms with Gasteiger partial charge in [-0.25, -0.2) is 4.98 Å². The number of aromatic nitrogens is 2. The lowest BCUT2D eigenvalue weighted by Crippen LogP contribution is -2.13. The molecule has 1 aromatic heterocycles. The Kier molecular flexibility index (Phi) is 4.97. The third kappa shape index (κ3) is 3.44. The van der Waals surface area contributed by atoms with Gasteiger partial charge in [-0.3, -0.25) is 4.79 Å². The normalized spacial score (nSPS) is 16.9. The van der Waals surface area contributed by atoms with Gasteiger partial charge < -0.3 is 4.57 Å². The first-order chi connectivity index (χ1) is 8.81. The fraction of sp³-hybridized carbons (Fsp3) is 0.733. The molecular formula is C15H24N2O. The standard InChI is InChI=1S/C15H24N2O/c1-2-11-17-12-10-16-15(17)14(18)9-8-13-6-4-3-5-7-13/h10,12-13H,2-9,11H2,1H3. The highest BCUT2D eigenvalue weighted by Gasteiger charge is 2.17. The van der Waals surface area contributed by atoms with Gasteiger partial charge in [0.1, 0.15) is 0 Å². The summed E-state index contributed by atoms with van der Waals surface area (Å²) >= 11 is 0. The molecule has 0 unspecified atom stereocenters. The van der Waals surface area contributed by atoms with E-state index >= 15 is 0 Å². The molecule has 0 saturated heterocycles. The van der Waals surface area contributed by atoms with Crippen molar-refractivity contribution in [1.29, 1.82) is 0 Å². The molecule has 0 bridgehead atoms. The van der Waals surface area contributed by atoms with E-state index in [0.29, 0.717) is 12.2 Å². The molecule has 100 valence electrons. The molecule has 0 aliphatic heterocycles. The van der Waals surface area contributed by atoms with Crippen LogP contribution in [0.2, 0.25) is 0 Å². The number of aryl methyl sites for hydroxylation is 1. The second-order valence-electron chi connectivity index (χ2n) is 5.41. The topological polar surface area (TPSA) is 34.9 Å². The van der Waals surface area contributed by atoms with Gasteiger partial charge in [0.2, 0.25) is 0 Å². The van der Waals surface area contributed by atoms with Crippen molar-refractivity contribution in [1.82, 2.24) is 9.55 Å². The number of ketones is 1. The summed E-state index contributed by atoms with van der Waals surface area (Å²) in [5.74, 6) is 1.66. The molecule has 18 heavy (non-hydrogen) atoms. The highest BCUT2D eigenvalue weighted by molar-refractivity contribution is 5.92. The van der Waals surface area contributed by atoms with E-state index in [1.54, 1.807) is 6.20 Å². The molecule has 0 spiro atoms. The maximum absolute atomic E-state index is 12.2. The number of nitrogens with zero attached hydrogens (tertiary/aromatic N) is 2. The first-order valence-corrected chi connectivity index (χ1v) is 7.35. The second-order valence-corrected chi connectivity index (χ2v) is 5.41. The Bertz CT molecular complexity index is 378. The van der Waals surface area contributed by atoms with E-state index in [4.69, 9.17) is 0 Å². The summed E-state index contributed by atoms with van der Waals surface area (Å²) in [4.78, 5) is 16.4. The Balaban J connectivity index is 1.84. The fourth-order valence-corrected chi connectivity index (χ4v) is 2.91. The Morgan fingerprint density at radius 3 is 2.89 bits per heavy atom. The van der Waals surface area contributed by atoms with Crippen molar-refractivity contribution in [2.45, 2.75) is 64.8 Å². The van der Waals surface area contributed by atoms with Crippen molar-refractivity contribution >= 4 is 5.78 Å². The molecule has 3 heteroatoms. The van der Waals surface area contributed by atoms with Crippen LogP contribution in [0.15, 0.2) is 12.4 Å². The second kappa shape index (κ2) is 6.72. The average Bonchev–Trinajstić information content (AvgIpc) is 2.86. The Labute approximate surface area is 110 Å². The molecule has 1 heterocycles. The van der Waals surface area contributed by atoms with Crippen molar-refractivity contribution in [2.24, 2.45) is 5.92 Å². The van der Waals surface area contributed by atoms with Crippen molar-refractivity contribution in [3.8, 4) is 0 Å². The molecule has 0 aromatic carbocycles. The highest BCUT2D eigenvalue weighted by atomic mass is 16.1. The minimum Gasteiger partial charge on any atom is -0.329 e. The third-order valence-corrected chi connectivity index (χ3v) is 3.93. The number of Topliss-reactive ketones (excluding diaryl/α,β-unsaturated/α-hetero) is 1. The molecular weight excluding hydrogens is 224 g/mol. The van der Waals surface area contributed by atoms with E-state index in [0.717, 1.165) is 25.3 Å². The molecule has 1 aliphatic carbocycles. The maximum Gasteiger partial charge on any atom is 0.198 e. The van der Waals surface area contributed by atoms with E-state index < -0.39 is 0 Å². The van der Waals surface area contributed by atoms with Crippen molar-refractivity contribution in [3.05, 3.63) is 18.2 Å². The highest BCUT2D eigenvalue weighted by Crippen LogP contribution is 2.27. The summed E-state index contributed by atoms with van der Waals surface area (Å²) in [7, 11) is 0. The van der Waals surface area contributed by atoms with Gasteiger partial charge in [0.05, 0.1) is 0 Å². The molecule has 0 amide bonds. The molecule has 0 atom stereocenters. The number of carbonyl (C=O) groups excluding carboxylic acids is 1. The largest absolute Gasteiger partial charge is 0.329 e. The summed E-state index contributed by atoms with van der Waals surface area (Å²) < 4.78 is 1.99. The minimum atomic E-state index is 0.221. The molecule has 0 N–H and O–H groups in total. The molecule has 1 aromatic rings. The maximum atomic E-state index is 12.2. The molecule has 3 nitrogen and oxygen atoms in total. The van der Waals surface area contributed by atoms with Crippen LogP contribution in [-0.2, 0) is 6.54 Å². The van der Waals surface area contributed by atoms with E-state index in [-0.39, 0.29) is 5.78 Å². The smallest absolute Gasteiger partial charge is 0.198 e. The summed E-state index contributed by atoms with van der Waals surface area (Å²) in [5, 5.41) is 0. The lowest BCUT2D eigenvalue weighted by atomic mass is 9.85. The molecule has 1 aliphatic rings. The summed E-state index contributed by atoms with van der Waals surface area (Å²) in [6.45, 7) is 3.01. The van der Waals surface area contributed by atoms with Gasteiger partial charge in [0.15, 0.2) is 11.6 Å². The van der Waals surface area contributed by atoms with Crippen LogP contribution in [0.25, 0.3) is 0 Å². The van der Waals surface area contributed by atoms with Crippen molar-refractivity contribution < 1.29 is 4.79 Å². The number of carbonyl (C=O) groups is 1. The van der Waals surface area contributed by atoms with Gasteiger partial charge in [-0.2, -0.15) is 0 Å². The Morgan fingerprint density at radius 2 is 2.17 bits per heavy atom. The Morgan fingerprint density at radius 1 is 1.39 bits per heavy atom. The quantitative estimate of drug-likeness (QED) is 0.717. The fourth-order valence-electron chi connectivity index (χ4n) is 2.91. The summed E-state index contributed by atoms with van der Waals surface area (Å²) in [6, 6.07) is 0. The first-order valence-electron chi connectivity index (χ1n) is 7.35. The number of rotatable bonds is 6. The lowest BCUT2D eigenvalue weighted by molar-refractivity contribution is 0.0955. The zero-order valence-electron chi connectivity index (χ0n) is 11.4. The van der Waals surface area contributed by atoms with Crippen LogP contribution in [0.4, 0.5) is 0 Å². The monoisotopic (exact) mass is 248 g/mol. The summed E-state index contributed by atoms with van der Waals surface area (Å²) in [5.41, 5.74) is 0. The third-order valence-electron chi connectivity index (χ3n) is 3.93. The van der Waals surface area contributed by atoms with Crippen LogP contribution >= 0.6 is 0 Å². The SMILES string of the molecule is CCCn1ccnc1C(=O)CCC1CCCCC1. The van der Waals surface area contributed by atoms with Gasteiger partial charge >= 0.3 is 0 Å². The lowest BCUT2D eigenvalue weighted by Gasteiger charge is -2.20. The zero-order valence-corrected chi connectivity index (χ0v) is 11.4. The minimum absolute atomic E-state index is 0.221. The van der Waals surface area contributed by atoms with E-state index in [1.165, 1.54) is 32.1 Å². The van der Waals surface area contributed by atoms with Crippen molar-refractivity contribution in [3.63, 3.8) is 0 Å². The van der Waals surface area contributed by atoms with Crippen molar-refractivity contribution in [2.75, 3.05) is 0 Å². The van der Waals surface area contributed by atoms with Crippen LogP contribution in [0.1, 0.15) is 68.9 Å². The predicted octanol–water partition coefficient (Wildman–Crippen LogP) is 3.84. The van der Waals surface area contributed by atoms with Gasteiger partial charge in [0, 0.05) is 25.4 Å². The first kappa shape index (κ1) is 13.3. The van der Waals surface area contributed by atoms with E-state index in [9.17, 15) is 4.79 Å². The van der Waals surface area contributed by atoms with Gasteiger partial charge in [-0.1, -0.05) is 39.0 Å². The number of hydrogen-bond acceptors (Lipinski definition) is 2. The van der Waals surface area contributed by atoms with Crippen LogP contribution in [0.5, 0.6) is 0 Å². The van der Waals surface area contributed by atoms with Crippen LogP contribution in [-0.4, -0.2) is 15.3 Å².